The minimum atomic E-state index is -2.00. The summed E-state index contributed by atoms with van der Waals surface area (Å²) in [7, 11) is 2.53. The predicted octanol–water partition coefficient (Wildman–Crippen LogP) is 4.66. The van der Waals surface area contributed by atoms with Crippen molar-refractivity contribution in [2.24, 2.45) is 0 Å². The molecule has 4 heteroatoms. The summed E-state index contributed by atoms with van der Waals surface area (Å²) in [6.45, 7) is 7.46. The zero-order valence-corrected chi connectivity index (χ0v) is 19.5. The van der Waals surface area contributed by atoms with Crippen LogP contribution in [0.2, 0.25) is 13.1 Å². The number of benzene rings is 3. The molecular formula is C26H31BN2Si. The Morgan fingerprint density at radius 1 is 0.667 bits per heavy atom. The Morgan fingerprint density at radius 2 is 1.10 bits per heavy atom. The molecule has 4 rings (SSSR count). The molecule has 2 nitrogen and oxygen atoms in total. The first-order valence-electron chi connectivity index (χ1n) is 10.8. The van der Waals surface area contributed by atoms with Crippen LogP contribution in [0.1, 0.15) is 11.1 Å². The molecule has 152 valence electrons. The fourth-order valence-corrected chi connectivity index (χ4v) is 7.98. The average Bonchev–Trinajstić information content (AvgIpc) is 3.11. The maximum atomic E-state index is 2.50. The number of hydrogen-bond donors (Lipinski definition) is 0. The van der Waals surface area contributed by atoms with E-state index in [-0.39, 0.29) is 6.98 Å². The summed E-state index contributed by atoms with van der Waals surface area (Å²) in [6.07, 6.45) is 0. The van der Waals surface area contributed by atoms with Gasteiger partial charge in [-0.3, -0.25) is 0 Å². The largest absolute Gasteiger partial charge is 0.346 e. The highest BCUT2D eigenvalue weighted by atomic mass is 28.3. The van der Waals surface area contributed by atoms with E-state index in [4.69, 9.17) is 0 Å². The van der Waals surface area contributed by atoms with Gasteiger partial charge in [0.25, 0.3) is 0 Å². The number of rotatable bonds is 5. The van der Waals surface area contributed by atoms with Gasteiger partial charge >= 0.3 is 6.98 Å². The van der Waals surface area contributed by atoms with E-state index in [0.717, 1.165) is 13.1 Å². The molecule has 3 aromatic carbocycles. The molecule has 1 saturated heterocycles. The molecule has 0 spiro atoms. The van der Waals surface area contributed by atoms with E-state index >= 15 is 0 Å². The summed E-state index contributed by atoms with van der Waals surface area (Å²) in [5.41, 5.74) is 4.15. The molecule has 3 aromatic rings. The van der Waals surface area contributed by atoms with Crippen LogP contribution < -0.4 is 5.19 Å². The van der Waals surface area contributed by atoms with Gasteiger partial charge in [-0.05, 0) is 35.9 Å². The second kappa shape index (κ2) is 8.76. The predicted molar refractivity (Wildman–Crippen MR) is 134 cm³/mol. The molecule has 0 atom stereocenters. The summed E-state index contributed by atoms with van der Waals surface area (Å²) < 4.78 is 0. The molecule has 1 fully saturated rings. The highest BCUT2D eigenvalue weighted by Gasteiger charge is 2.41. The zero-order chi connectivity index (χ0) is 21.1. The highest BCUT2D eigenvalue weighted by Crippen LogP contribution is 2.37. The summed E-state index contributed by atoms with van der Waals surface area (Å²) in [5.74, 6) is 0. The third kappa shape index (κ3) is 3.95. The van der Waals surface area contributed by atoms with Gasteiger partial charge in [0.2, 0.25) is 0 Å². The van der Waals surface area contributed by atoms with Crippen molar-refractivity contribution >= 4 is 30.9 Å². The van der Waals surface area contributed by atoms with Gasteiger partial charge in [-0.25, -0.2) is 0 Å². The van der Waals surface area contributed by atoms with Gasteiger partial charge in [0.05, 0.1) is 0 Å². The Bertz CT molecular complexity index is 993. The van der Waals surface area contributed by atoms with E-state index in [1.165, 1.54) is 27.0 Å². The van der Waals surface area contributed by atoms with Crippen molar-refractivity contribution in [3.8, 4) is 0 Å². The van der Waals surface area contributed by atoms with Crippen LogP contribution >= 0.6 is 0 Å². The minimum Gasteiger partial charge on any atom is -0.326 e. The SMILES string of the molecule is CN1CCN(C)B1/C(=C(\c1ccccc1)[Si](C)(C)c1ccccc1)c1ccccc1. The molecule has 0 N–H and O–H groups in total. The van der Waals surface area contributed by atoms with Crippen molar-refractivity contribution in [3.05, 3.63) is 102 Å². The normalized spacial score (nSPS) is 16.6. The molecule has 1 heterocycles. The summed E-state index contributed by atoms with van der Waals surface area (Å²) in [4.78, 5) is 5.00. The van der Waals surface area contributed by atoms with E-state index in [1.54, 1.807) is 0 Å². The Kier molecular flexibility index (Phi) is 6.09. The van der Waals surface area contributed by atoms with Crippen LogP contribution in [-0.4, -0.2) is 51.9 Å². The molecule has 0 unspecified atom stereocenters. The standard InChI is InChI=1S/C26H31BN2Si/c1-28-20-21-29(2)27(28)25(22-14-8-5-9-15-22)26(23-16-10-6-11-17-23)30(3,4)24-18-12-7-13-19-24/h5-19H,20-21H2,1-4H3/b26-25+. The van der Waals surface area contributed by atoms with Crippen LogP contribution in [0, 0.1) is 0 Å². The Labute approximate surface area is 183 Å². The molecule has 0 aromatic heterocycles. The third-order valence-corrected chi connectivity index (χ3v) is 10.0. The zero-order valence-electron chi connectivity index (χ0n) is 18.5. The lowest BCUT2D eigenvalue weighted by atomic mass is 9.62. The minimum absolute atomic E-state index is 0.276. The van der Waals surface area contributed by atoms with Crippen molar-refractivity contribution in [3.63, 3.8) is 0 Å². The Hall–Kier alpha value is -2.40. The van der Waals surface area contributed by atoms with Crippen LogP contribution in [0.25, 0.3) is 10.7 Å². The van der Waals surface area contributed by atoms with Crippen LogP contribution in [0.5, 0.6) is 0 Å². The Morgan fingerprint density at radius 3 is 1.60 bits per heavy atom. The maximum Gasteiger partial charge on any atom is 0.346 e. The van der Waals surface area contributed by atoms with E-state index in [2.05, 4.69) is 128 Å². The van der Waals surface area contributed by atoms with Crippen molar-refractivity contribution in [1.29, 1.82) is 0 Å². The second-order valence-corrected chi connectivity index (χ2v) is 13.2. The molecule has 0 aliphatic carbocycles. The van der Waals surface area contributed by atoms with Crippen molar-refractivity contribution < 1.29 is 0 Å². The first kappa shape index (κ1) is 20.9. The van der Waals surface area contributed by atoms with Crippen LogP contribution in [0.4, 0.5) is 0 Å². The summed E-state index contributed by atoms with van der Waals surface area (Å²) >= 11 is 0. The van der Waals surface area contributed by atoms with Crippen LogP contribution in [-0.2, 0) is 0 Å². The summed E-state index contributed by atoms with van der Waals surface area (Å²) in [5, 5.41) is 3.01. The second-order valence-electron chi connectivity index (χ2n) is 8.85. The van der Waals surface area contributed by atoms with Crippen LogP contribution in [0.15, 0.2) is 91.0 Å². The lowest BCUT2D eigenvalue weighted by molar-refractivity contribution is 0.553. The van der Waals surface area contributed by atoms with E-state index in [9.17, 15) is 0 Å². The molecular weight excluding hydrogens is 379 g/mol. The van der Waals surface area contributed by atoms with Crippen molar-refractivity contribution in [2.75, 3.05) is 27.2 Å². The number of likely N-dealkylation sites (N-methyl/N-ethyl adjacent to an activating group) is 2. The van der Waals surface area contributed by atoms with Gasteiger partial charge in [-0.15, -0.1) is 0 Å². The van der Waals surface area contributed by atoms with Crippen LogP contribution in [0.3, 0.4) is 0 Å². The topological polar surface area (TPSA) is 6.48 Å². The van der Waals surface area contributed by atoms with E-state index in [1.807, 2.05) is 0 Å². The van der Waals surface area contributed by atoms with Crippen molar-refractivity contribution in [2.45, 2.75) is 13.1 Å². The van der Waals surface area contributed by atoms with Crippen molar-refractivity contribution in [1.82, 2.24) is 9.62 Å². The van der Waals surface area contributed by atoms with Gasteiger partial charge in [0, 0.05) is 13.1 Å². The molecule has 0 radical (unpaired) electrons. The fourth-order valence-electron chi connectivity index (χ4n) is 4.83. The molecule has 0 bridgehead atoms. The molecule has 1 aliphatic rings. The van der Waals surface area contributed by atoms with Gasteiger partial charge in [0.1, 0.15) is 8.07 Å². The quantitative estimate of drug-likeness (QED) is 0.446. The Balaban J connectivity index is 2.06. The van der Waals surface area contributed by atoms with Gasteiger partial charge in [0.15, 0.2) is 0 Å². The number of nitrogens with zero attached hydrogens (tertiary/aromatic N) is 2. The average molecular weight is 410 g/mol. The van der Waals surface area contributed by atoms with Gasteiger partial charge in [-0.1, -0.05) is 109 Å². The first-order valence-corrected chi connectivity index (χ1v) is 13.8. The maximum absolute atomic E-state index is 2.50. The lowest BCUT2D eigenvalue weighted by Crippen LogP contribution is -2.48. The smallest absolute Gasteiger partial charge is 0.326 e. The third-order valence-electron chi connectivity index (χ3n) is 6.44. The highest BCUT2D eigenvalue weighted by molar-refractivity contribution is 7.08. The summed E-state index contributed by atoms with van der Waals surface area (Å²) in [6, 6.07) is 33.2. The van der Waals surface area contributed by atoms with E-state index in [0.29, 0.717) is 0 Å². The first-order chi connectivity index (χ1) is 14.5. The van der Waals surface area contributed by atoms with E-state index < -0.39 is 8.07 Å². The molecule has 0 saturated carbocycles. The fraction of sp³-hybridized carbons (Fsp3) is 0.231. The lowest BCUT2D eigenvalue weighted by Gasteiger charge is -2.34. The van der Waals surface area contributed by atoms with Gasteiger partial charge in [-0.2, -0.15) is 0 Å². The molecule has 1 aliphatic heterocycles. The molecule has 0 amide bonds. The van der Waals surface area contributed by atoms with Gasteiger partial charge < -0.3 is 9.62 Å². The monoisotopic (exact) mass is 410 g/mol. The molecule has 30 heavy (non-hydrogen) atoms. The number of hydrogen-bond acceptors (Lipinski definition) is 2.